The van der Waals surface area contributed by atoms with Crippen molar-refractivity contribution in [1.29, 1.82) is 0 Å². The molecule has 0 unspecified atom stereocenters. The van der Waals surface area contributed by atoms with Crippen molar-refractivity contribution in [2.24, 2.45) is 0 Å². The average molecular weight is 376 g/mol. The Morgan fingerprint density at radius 2 is 0.815 bits per heavy atom. The molecule has 0 amide bonds. The predicted octanol–water partition coefficient (Wildman–Crippen LogP) is 9.52. The second-order valence-corrected chi connectivity index (χ2v) is 7.80. The van der Waals surface area contributed by atoms with Crippen LogP contribution in [-0.2, 0) is 0 Å². The lowest BCUT2D eigenvalue weighted by molar-refractivity contribution is 0.536. The number of hydrogen-bond donors (Lipinski definition) is 0. The quantitative estimate of drug-likeness (QED) is 0.191. The zero-order valence-corrected chi connectivity index (χ0v) is 18.9. The summed E-state index contributed by atoms with van der Waals surface area (Å²) in [6, 6.07) is 0. The van der Waals surface area contributed by atoms with Gasteiger partial charge in [-0.2, -0.15) is 0 Å². The third kappa shape index (κ3) is 21.2. The summed E-state index contributed by atoms with van der Waals surface area (Å²) in [6.07, 6.45) is 36.7. The van der Waals surface area contributed by atoms with Gasteiger partial charge in [-0.25, -0.2) is 0 Å². The number of allylic oxidation sites excluding steroid dienone is 3. The molecule has 0 saturated heterocycles. The Kier molecular flexibility index (Phi) is 22.2. The van der Waals surface area contributed by atoms with Crippen LogP contribution in [0.25, 0.3) is 0 Å². The first-order valence-electron chi connectivity index (χ1n) is 12.1. The van der Waals surface area contributed by atoms with E-state index in [0.29, 0.717) is 0 Å². The number of unbranched alkanes of at least 4 members (excludes halogenated alkanes) is 14. The molecule has 0 fully saturated rings. The van der Waals surface area contributed by atoms with E-state index in [1.165, 1.54) is 96.3 Å². The van der Waals surface area contributed by atoms with Gasteiger partial charge >= 0.3 is 0 Å². The van der Waals surface area contributed by atoms with Crippen LogP contribution in [0.3, 0.4) is 0 Å². The maximum Gasteiger partial charge on any atom is 0.00417 e. The molecule has 0 aliphatic rings. The topological polar surface area (TPSA) is 3.24 Å². The van der Waals surface area contributed by atoms with Gasteiger partial charge < -0.3 is 4.90 Å². The lowest BCUT2D eigenvalue weighted by atomic mass is 10.0. The highest BCUT2D eigenvalue weighted by molar-refractivity contribution is 4.99. The molecule has 0 atom stereocenters. The molecule has 0 rings (SSSR count). The van der Waals surface area contributed by atoms with Gasteiger partial charge in [0.05, 0.1) is 0 Å². The molecule has 158 valence electrons. The Bertz CT molecular complexity index is 339. The van der Waals surface area contributed by atoms with Gasteiger partial charge in [0.1, 0.15) is 0 Å². The van der Waals surface area contributed by atoms with E-state index in [-0.39, 0.29) is 0 Å². The zero-order chi connectivity index (χ0) is 19.8. The highest BCUT2D eigenvalue weighted by Gasteiger charge is 1.94. The first kappa shape index (κ1) is 26.0. The summed E-state index contributed by atoms with van der Waals surface area (Å²) in [4.78, 5) is 2.18. The van der Waals surface area contributed by atoms with Crippen molar-refractivity contribution >= 4 is 0 Å². The van der Waals surface area contributed by atoms with E-state index < -0.39 is 0 Å². The molecule has 0 spiro atoms. The SMILES string of the molecule is CCC=CN(C=CCC)C=CCCCCCCCCCCCCCCCC. The molecule has 0 N–H and O–H groups in total. The number of rotatable bonds is 20. The van der Waals surface area contributed by atoms with Crippen LogP contribution >= 0.6 is 0 Å². The van der Waals surface area contributed by atoms with Gasteiger partial charge in [-0.3, -0.25) is 0 Å². The summed E-state index contributed by atoms with van der Waals surface area (Å²) in [5, 5.41) is 0. The first-order valence-corrected chi connectivity index (χ1v) is 12.1. The monoisotopic (exact) mass is 375 g/mol. The van der Waals surface area contributed by atoms with E-state index in [2.05, 4.69) is 62.5 Å². The largest absolute Gasteiger partial charge is 0.332 e. The molecule has 0 aromatic heterocycles. The van der Waals surface area contributed by atoms with Gasteiger partial charge in [0.2, 0.25) is 0 Å². The van der Waals surface area contributed by atoms with Crippen LogP contribution in [0, 0.1) is 0 Å². The molecule has 1 heteroatoms. The summed E-state index contributed by atoms with van der Waals surface area (Å²) in [5.41, 5.74) is 0. The predicted molar refractivity (Wildman–Crippen MR) is 125 cm³/mol. The summed E-state index contributed by atoms with van der Waals surface area (Å²) in [6.45, 7) is 6.65. The molecular formula is C26H49N. The normalized spacial score (nSPS) is 12.1. The van der Waals surface area contributed by atoms with Gasteiger partial charge in [0, 0.05) is 18.6 Å². The summed E-state index contributed by atoms with van der Waals surface area (Å²) < 4.78 is 0. The maximum absolute atomic E-state index is 2.32. The Morgan fingerprint density at radius 1 is 0.444 bits per heavy atom. The van der Waals surface area contributed by atoms with E-state index in [4.69, 9.17) is 0 Å². The lowest BCUT2D eigenvalue weighted by Gasteiger charge is -2.09. The summed E-state index contributed by atoms with van der Waals surface area (Å²) in [5.74, 6) is 0. The Balaban J connectivity index is 3.42. The fraction of sp³-hybridized carbons (Fsp3) is 0.769. The molecule has 0 heterocycles. The van der Waals surface area contributed by atoms with Crippen LogP contribution in [0.4, 0.5) is 0 Å². The minimum Gasteiger partial charge on any atom is -0.332 e. The molecule has 1 nitrogen and oxygen atoms in total. The van der Waals surface area contributed by atoms with Crippen molar-refractivity contribution in [3.63, 3.8) is 0 Å². The minimum atomic E-state index is 1.09. The van der Waals surface area contributed by atoms with Gasteiger partial charge in [0.25, 0.3) is 0 Å². The summed E-state index contributed by atoms with van der Waals surface area (Å²) >= 11 is 0. The van der Waals surface area contributed by atoms with Crippen molar-refractivity contribution in [2.75, 3.05) is 0 Å². The van der Waals surface area contributed by atoms with Crippen molar-refractivity contribution in [1.82, 2.24) is 4.90 Å². The van der Waals surface area contributed by atoms with Gasteiger partial charge in [-0.1, -0.05) is 122 Å². The zero-order valence-electron chi connectivity index (χ0n) is 18.9. The van der Waals surface area contributed by atoms with Crippen molar-refractivity contribution in [2.45, 2.75) is 130 Å². The van der Waals surface area contributed by atoms with E-state index >= 15 is 0 Å². The third-order valence-corrected chi connectivity index (χ3v) is 5.03. The molecular weight excluding hydrogens is 326 g/mol. The Morgan fingerprint density at radius 3 is 1.22 bits per heavy atom. The molecule has 0 radical (unpaired) electrons. The third-order valence-electron chi connectivity index (χ3n) is 5.03. The highest BCUT2D eigenvalue weighted by atomic mass is 15.1. The van der Waals surface area contributed by atoms with Gasteiger partial charge in [-0.15, -0.1) is 0 Å². The van der Waals surface area contributed by atoms with Crippen LogP contribution < -0.4 is 0 Å². The van der Waals surface area contributed by atoms with Crippen LogP contribution in [0.15, 0.2) is 36.8 Å². The van der Waals surface area contributed by atoms with E-state index in [9.17, 15) is 0 Å². The molecule has 0 bridgehead atoms. The standard InChI is InChI=1S/C26H49N/c1-4-7-10-11-12-13-14-15-16-17-18-19-20-21-22-23-26-27(24-8-5-2)25-9-6-3/h8-9,23-26H,4-7,10-22H2,1-3H3. The van der Waals surface area contributed by atoms with E-state index in [0.717, 1.165) is 12.8 Å². The maximum atomic E-state index is 2.32. The Hall–Kier alpha value is -0.980. The number of nitrogens with zero attached hydrogens (tertiary/aromatic N) is 1. The average Bonchev–Trinajstić information content (AvgIpc) is 2.69. The molecule has 0 saturated carbocycles. The second-order valence-electron chi connectivity index (χ2n) is 7.80. The first-order chi connectivity index (χ1) is 13.3. The fourth-order valence-corrected chi connectivity index (χ4v) is 3.26. The van der Waals surface area contributed by atoms with E-state index in [1.807, 2.05) is 0 Å². The lowest BCUT2D eigenvalue weighted by Crippen LogP contribution is -1.98. The van der Waals surface area contributed by atoms with Crippen LogP contribution in [-0.4, -0.2) is 4.90 Å². The molecule has 0 aliphatic heterocycles. The molecule has 27 heavy (non-hydrogen) atoms. The molecule has 0 aromatic carbocycles. The van der Waals surface area contributed by atoms with Crippen molar-refractivity contribution in [3.8, 4) is 0 Å². The van der Waals surface area contributed by atoms with Gasteiger partial charge in [-0.05, 0) is 25.7 Å². The smallest absolute Gasteiger partial charge is 0.00417 e. The summed E-state index contributed by atoms with van der Waals surface area (Å²) in [7, 11) is 0. The molecule has 0 aliphatic carbocycles. The minimum absolute atomic E-state index is 1.09. The van der Waals surface area contributed by atoms with E-state index in [1.54, 1.807) is 0 Å². The fourth-order valence-electron chi connectivity index (χ4n) is 3.26. The number of hydrogen-bond acceptors (Lipinski definition) is 1. The van der Waals surface area contributed by atoms with Crippen molar-refractivity contribution in [3.05, 3.63) is 36.8 Å². The Labute approximate surface area is 172 Å². The van der Waals surface area contributed by atoms with Gasteiger partial charge in [0.15, 0.2) is 0 Å². The van der Waals surface area contributed by atoms with Crippen LogP contribution in [0.1, 0.15) is 130 Å². The second kappa shape index (κ2) is 23.1. The molecule has 0 aromatic rings. The van der Waals surface area contributed by atoms with Crippen LogP contribution in [0.2, 0.25) is 0 Å². The van der Waals surface area contributed by atoms with Crippen LogP contribution in [0.5, 0.6) is 0 Å². The van der Waals surface area contributed by atoms with Crippen molar-refractivity contribution < 1.29 is 0 Å². The highest BCUT2D eigenvalue weighted by Crippen LogP contribution is 2.13.